The molecule has 0 radical (unpaired) electrons. The van der Waals surface area contributed by atoms with Gasteiger partial charge in [0.25, 0.3) is 0 Å². The van der Waals surface area contributed by atoms with Gasteiger partial charge in [-0.3, -0.25) is 4.79 Å². The number of rotatable bonds is 4. The molecule has 1 amide bonds. The van der Waals surface area contributed by atoms with E-state index in [4.69, 9.17) is 5.73 Å². The molecule has 17 heavy (non-hydrogen) atoms. The average Bonchev–Trinajstić information content (AvgIpc) is 2.23. The molecule has 0 saturated carbocycles. The highest BCUT2D eigenvalue weighted by Gasteiger charge is 2.15. The zero-order valence-electron chi connectivity index (χ0n) is 9.84. The second-order valence-corrected chi connectivity index (χ2v) is 4.10. The van der Waals surface area contributed by atoms with Gasteiger partial charge in [0, 0.05) is 11.6 Å². The molecule has 1 aromatic carbocycles. The van der Waals surface area contributed by atoms with E-state index >= 15 is 0 Å². The van der Waals surface area contributed by atoms with Crippen molar-refractivity contribution in [1.29, 1.82) is 0 Å². The van der Waals surface area contributed by atoms with Crippen molar-refractivity contribution >= 4 is 5.91 Å². The second kappa shape index (κ2) is 5.72. The van der Waals surface area contributed by atoms with Crippen LogP contribution in [-0.2, 0) is 11.2 Å². The molecule has 0 aliphatic carbocycles. The van der Waals surface area contributed by atoms with E-state index in [1.54, 1.807) is 13.8 Å². The number of carbonyl (C=O) groups is 1. The van der Waals surface area contributed by atoms with Crippen molar-refractivity contribution in [2.24, 2.45) is 5.73 Å². The van der Waals surface area contributed by atoms with Crippen molar-refractivity contribution in [1.82, 2.24) is 5.32 Å². The lowest BCUT2D eigenvalue weighted by molar-refractivity contribution is -0.122. The summed E-state index contributed by atoms with van der Waals surface area (Å²) in [5.41, 5.74) is 5.35. The van der Waals surface area contributed by atoms with E-state index in [0.29, 0.717) is 0 Å². The topological polar surface area (TPSA) is 55.1 Å². The number of hydrogen-bond donors (Lipinski definition) is 2. The molecule has 2 unspecified atom stereocenters. The highest BCUT2D eigenvalue weighted by atomic mass is 19.1. The van der Waals surface area contributed by atoms with Crippen molar-refractivity contribution in [3.8, 4) is 0 Å². The van der Waals surface area contributed by atoms with Gasteiger partial charge in [-0.1, -0.05) is 6.07 Å². The van der Waals surface area contributed by atoms with E-state index in [0.717, 1.165) is 0 Å². The lowest BCUT2D eigenvalue weighted by atomic mass is 10.1. The van der Waals surface area contributed by atoms with Crippen molar-refractivity contribution in [3.05, 3.63) is 35.4 Å². The molecule has 0 saturated heterocycles. The fourth-order valence-electron chi connectivity index (χ4n) is 1.46. The molecule has 94 valence electrons. The van der Waals surface area contributed by atoms with Gasteiger partial charge in [0.15, 0.2) is 0 Å². The summed E-state index contributed by atoms with van der Waals surface area (Å²) in [6, 6.07) is 2.68. The molecular formula is C12H16F2N2O. The molecule has 0 aromatic heterocycles. The minimum Gasteiger partial charge on any atom is -0.352 e. The number of benzene rings is 1. The first-order valence-corrected chi connectivity index (χ1v) is 5.40. The van der Waals surface area contributed by atoms with Crippen molar-refractivity contribution in [2.45, 2.75) is 32.4 Å². The lowest BCUT2D eigenvalue weighted by Gasteiger charge is -2.16. The zero-order chi connectivity index (χ0) is 13.0. The van der Waals surface area contributed by atoms with Gasteiger partial charge in [-0.05, 0) is 32.4 Å². The van der Waals surface area contributed by atoms with E-state index < -0.39 is 17.7 Å². The smallest absolute Gasteiger partial charge is 0.236 e. The molecule has 0 bridgehead atoms. The molecule has 0 aliphatic rings. The molecular weight excluding hydrogens is 226 g/mol. The van der Waals surface area contributed by atoms with Crippen LogP contribution in [0.5, 0.6) is 0 Å². The number of halogens is 2. The summed E-state index contributed by atoms with van der Waals surface area (Å²) in [5.74, 6) is -1.55. The van der Waals surface area contributed by atoms with Crippen LogP contribution >= 0.6 is 0 Å². The molecule has 1 aromatic rings. The maximum Gasteiger partial charge on any atom is 0.236 e. The van der Waals surface area contributed by atoms with Crippen LogP contribution < -0.4 is 11.1 Å². The molecule has 0 spiro atoms. The Labute approximate surface area is 99.0 Å². The van der Waals surface area contributed by atoms with Gasteiger partial charge < -0.3 is 11.1 Å². The fraction of sp³-hybridized carbons (Fsp3) is 0.417. The Morgan fingerprint density at radius 3 is 2.35 bits per heavy atom. The summed E-state index contributed by atoms with van der Waals surface area (Å²) < 4.78 is 26.7. The lowest BCUT2D eigenvalue weighted by Crippen LogP contribution is -2.43. The van der Waals surface area contributed by atoms with Gasteiger partial charge >= 0.3 is 0 Å². The summed E-state index contributed by atoms with van der Waals surface area (Å²) in [5, 5.41) is 2.58. The van der Waals surface area contributed by atoms with E-state index in [2.05, 4.69) is 5.32 Å². The highest BCUT2D eigenvalue weighted by molar-refractivity contribution is 5.81. The third-order valence-electron chi connectivity index (χ3n) is 2.37. The van der Waals surface area contributed by atoms with Gasteiger partial charge in [0.1, 0.15) is 11.6 Å². The minimum atomic E-state index is -0.636. The largest absolute Gasteiger partial charge is 0.352 e. The Morgan fingerprint density at radius 2 is 1.88 bits per heavy atom. The van der Waals surface area contributed by atoms with E-state index in [-0.39, 0.29) is 23.9 Å². The normalized spacial score (nSPS) is 14.2. The maximum absolute atomic E-state index is 13.3. The first kappa shape index (κ1) is 13.6. The second-order valence-electron chi connectivity index (χ2n) is 4.10. The standard InChI is InChI=1S/C12H16F2N2O/c1-7(16-12(17)8(2)15)6-9-10(13)4-3-5-11(9)14/h3-5,7-8H,6,15H2,1-2H3,(H,16,17). The van der Waals surface area contributed by atoms with Gasteiger partial charge in [-0.25, -0.2) is 8.78 Å². The van der Waals surface area contributed by atoms with Gasteiger partial charge in [0.05, 0.1) is 6.04 Å². The first-order valence-electron chi connectivity index (χ1n) is 5.40. The number of nitrogens with one attached hydrogen (secondary N) is 1. The SMILES string of the molecule is CC(Cc1c(F)cccc1F)NC(=O)C(C)N. The maximum atomic E-state index is 13.3. The molecule has 1 rings (SSSR count). The van der Waals surface area contributed by atoms with Crippen LogP contribution in [0.4, 0.5) is 8.78 Å². The summed E-state index contributed by atoms with van der Waals surface area (Å²) >= 11 is 0. The summed E-state index contributed by atoms with van der Waals surface area (Å²) in [6.07, 6.45) is 0.0942. The third kappa shape index (κ3) is 3.78. The Hall–Kier alpha value is -1.49. The number of nitrogens with two attached hydrogens (primary N) is 1. The molecule has 0 heterocycles. The molecule has 3 nitrogen and oxygen atoms in total. The first-order chi connectivity index (χ1) is 7.91. The monoisotopic (exact) mass is 242 g/mol. The van der Waals surface area contributed by atoms with Crippen molar-refractivity contribution in [2.75, 3.05) is 0 Å². The predicted octanol–water partition coefficient (Wildman–Crippen LogP) is 1.36. The van der Waals surface area contributed by atoms with Gasteiger partial charge in [0.2, 0.25) is 5.91 Å². The Bertz CT molecular complexity index is 387. The zero-order valence-corrected chi connectivity index (χ0v) is 9.84. The highest BCUT2D eigenvalue weighted by Crippen LogP contribution is 2.14. The van der Waals surface area contributed by atoms with Gasteiger partial charge in [-0.15, -0.1) is 0 Å². The average molecular weight is 242 g/mol. The van der Waals surface area contributed by atoms with Crippen LogP contribution in [0.15, 0.2) is 18.2 Å². The predicted molar refractivity (Wildman–Crippen MR) is 61.3 cm³/mol. The van der Waals surface area contributed by atoms with Crippen LogP contribution in [0, 0.1) is 11.6 Å². The van der Waals surface area contributed by atoms with Crippen LogP contribution in [0.1, 0.15) is 19.4 Å². The number of carbonyl (C=O) groups excluding carboxylic acids is 1. The van der Waals surface area contributed by atoms with Crippen LogP contribution in [-0.4, -0.2) is 18.0 Å². The van der Waals surface area contributed by atoms with E-state index in [9.17, 15) is 13.6 Å². The molecule has 2 atom stereocenters. The van der Waals surface area contributed by atoms with Crippen molar-refractivity contribution in [3.63, 3.8) is 0 Å². The quantitative estimate of drug-likeness (QED) is 0.837. The Kier molecular flexibility index (Phi) is 4.57. The fourth-order valence-corrected chi connectivity index (χ4v) is 1.46. The third-order valence-corrected chi connectivity index (χ3v) is 2.37. The van der Waals surface area contributed by atoms with Crippen molar-refractivity contribution < 1.29 is 13.6 Å². The molecule has 0 aliphatic heterocycles. The molecule has 0 fully saturated rings. The Morgan fingerprint density at radius 1 is 1.35 bits per heavy atom. The molecule has 5 heteroatoms. The minimum absolute atomic E-state index is 0.0232. The van der Waals surface area contributed by atoms with Crippen LogP contribution in [0.25, 0.3) is 0 Å². The summed E-state index contributed by atoms with van der Waals surface area (Å²) in [7, 11) is 0. The Balaban J connectivity index is 2.68. The van der Waals surface area contributed by atoms with E-state index in [1.807, 2.05) is 0 Å². The molecule has 3 N–H and O–H groups in total. The number of amides is 1. The van der Waals surface area contributed by atoms with Crippen LogP contribution in [0.2, 0.25) is 0 Å². The summed E-state index contributed by atoms with van der Waals surface area (Å²) in [6.45, 7) is 3.22. The van der Waals surface area contributed by atoms with Crippen LogP contribution in [0.3, 0.4) is 0 Å². The summed E-state index contributed by atoms with van der Waals surface area (Å²) in [4.78, 5) is 11.3. The van der Waals surface area contributed by atoms with E-state index in [1.165, 1.54) is 18.2 Å². The number of hydrogen-bond acceptors (Lipinski definition) is 2. The van der Waals surface area contributed by atoms with Gasteiger partial charge in [-0.2, -0.15) is 0 Å².